The molecule has 1 heterocycles. The Bertz CT molecular complexity index is 1190. The summed E-state index contributed by atoms with van der Waals surface area (Å²) in [5.41, 5.74) is 2.06. The second-order valence-corrected chi connectivity index (χ2v) is 9.23. The topological polar surface area (TPSA) is 93.5 Å². The number of methoxy groups -OCH3 is 1. The highest BCUT2D eigenvalue weighted by molar-refractivity contribution is 7.89. The Morgan fingerprint density at radius 2 is 1.97 bits per heavy atom. The van der Waals surface area contributed by atoms with Crippen LogP contribution in [0, 0.1) is 0 Å². The highest BCUT2D eigenvalue weighted by Crippen LogP contribution is 2.28. The van der Waals surface area contributed by atoms with Crippen molar-refractivity contribution in [2.45, 2.75) is 30.3 Å². The average molecular weight is 441 g/mol. The monoisotopic (exact) mass is 440 g/mol. The zero-order valence-electron chi connectivity index (χ0n) is 17.4. The third-order valence-electron chi connectivity index (χ3n) is 5.02. The summed E-state index contributed by atoms with van der Waals surface area (Å²) >= 11 is 0. The lowest BCUT2D eigenvalue weighted by molar-refractivity contribution is 0.0785. The molecule has 0 bridgehead atoms. The summed E-state index contributed by atoms with van der Waals surface area (Å²) in [5.74, 6) is -0.0884. The lowest BCUT2D eigenvalue weighted by atomic mass is 10.2. The van der Waals surface area contributed by atoms with Gasteiger partial charge in [-0.25, -0.2) is 17.8 Å². The molecule has 1 saturated carbocycles. The number of hydrogen-bond acceptors (Lipinski definition) is 5. The molecule has 0 atom stereocenters. The maximum absolute atomic E-state index is 13.0. The Balaban J connectivity index is 1.52. The molecule has 1 fully saturated rings. The molecule has 1 amide bonds. The Hall–Kier alpha value is -3.17. The summed E-state index contributed by atoms with van der Waals surface area (Å²) in [7, 11) is -0.691. The van der Waals surface area contributed by atoms with Gasteiger partial charge in [-0.3, -0.25) is 4.79 Å². The minimum Gasteiger partial charge on any atom is -0.495 e. The van der Waals surface area contributed by atoms with Crippen molar-refractivity contribution < 1.29 is 17.9 Å². The van der Waals surface area contributed by atoms with E-state index in [0.29, 0.717) is 6.54 Å². The number of para-hydroxylation sites is 1. The van der Waals surface area contributed by atoms with Crippen LogP contribution in [0.4, 0.5) is 0 Å². The molecule has 0 spiro atoms. The average Bonchev–Trinajstić information content (AvgIpc) is 3.46. The number of hydrogen-bond donors (Lipinski definition) is 1. The van der Waals surface area contributed by atoms with E-state index in [4.69, 9.17) is 4.74 Å². The standard InChI is InChI=1S/C22H24N4O4S/c1-25(14-16-13-23-26(15-16)19-6-4-3-5-7-19)22(27)17-8-11-20(30-2)21(12-17)31(28,29)24-18-9-10-18/h3-8,11-13,15,18,24H,9-10,14H2,1-2H3. The second-order valence-electron chi connectivity index (χ2n) is 7.55. The first-order chi connectivity index (χ1) is 14.9. The molecule has 0 unspecified atom stereocenters. The van der Waals surface area contributed by atoms with Crippen molar-refractivity contribution in [2.75, 3.05) is 14.2 Å². The van der Waals surface area contributed by atoms with Gasteiger partial charge in [-0.1, -0.05) is 18.2 Å². The Labute approximate surface area is 181 Å². The van der Waals surface area contributed by atoms with Crippen LogP contribution < -0.4 is 9.46 Å². The fourth-order valence-electron chi connectivity index (χ4n) is 3.23. The van der Waals surface area contributed by atoms with Gasteiger partial charge in [0, 0.05) is 37.0 Å². The van der Waals surface area contributed by atoms with Crippen molar-refractivity contribution in [3.63, 3.8) is 0 Å². The van der Waals surface area contributed by atoms with E-state index in [0.717, 1.165) is 24.1 Å². The highest BCUT2D eigenvalue weighted by Gasteiger charge is 2.30. The number of rotatable bonds is 8. The number of nitrogens with zero attached hydrogens (tertiary/aromatic N) is 3. The fraction of sp³-hybridized carbons (Fsp3) is 0.273. The molecule has 1 aliphatic carbocycles. The van der Waals surface area contributed by atoms with E-state index in [1.165, 1.54) is 24.1 Å². The zero-order chi connectivity index (χ0) is 22.0. The smallest absolute Gasteiger partial charge is 0.253 e. The van der Waals surface area contributed by atoms with Gasteiger partial charge in [-0.05, 0) is 43.2 Å². The SMILES string of the molecule is COc1ccc(C(=O)N(C)Cc2cnn(-c3ccccc3)c2)cc1S(=O)(=O)NC1CC1. The summed E-state index contributed by atoms with van der Waals surface area (Å²) in [6.45, 7) is 0.333. The number of carbonyl (C=O) groups excluding carboxylic acids is 1. The summed E-state index contributed by atoms with van der Waals surface area (Å²) in [5, 5.41) is 4.35. The number of amides is 1. The molecule has 1 N–H and O–H groups in total. The van der Waals surface area contributed by atoms with Gasteiger partial charge >= 0.3 is 0 Å². The summed E-state index contributed by atoms with van der Waals surface area (Å²) < 4.78 is 35.0. The van der Waals surface area contributed by atoms with E-state index in [1.807, 2.05) is 36.5 Å². The van der Waals surface area contributed by atoms with Crippen molar-refractivity contribution in [3.05, 3.63) is 72.1 Å². The van der Waals surface area contributed by atoms with Gasteiger partial charge < -0.3 is 9.64 Å². The number of aromatic nitrogens is 2. The van der Waals surface area contributed by atoms with Gasteiger partial charge in [-0.2, -0.15) is 5.10 Å². The lowest BCUT2D eigenvalue weighted by Gasteiger charge is -2.18. The van der Waals surface area contributed by atoms with E-state index in [-0.39, 0.29) is 28.2 Å². The van der Waals surface area contributed by atoms with Crippen LogP contribution in [-0.2, 0) is 16.6 Å². The van der Waals surface area contributed by atoms with Crippen LogP contribution in [0.5, 0.6) is 5.75 Å². The maximum atomic E-state index is 13.0. The molecule has 0 saturated heterocycles. The molecule has 3 aromatic rings. The molecule has 9 heteroatoms. The quantitative estimate of drug-likeness (QED) is 0.581. The summed E-state index contributed by atoms with van der Waals surface area (Å²) in [6.07, 6.45) is 5.21. The number of benzene rings is 2. The van der Waals surface area contributed by atoms with Crippen LogP contribution in [0.1, 0.15) is 28.8 Å². The van der Waals surface area contributed by atoms with Crippen LogP contribution in [-0.4, -0.2) is 49.2 Å². The van der Waals surface area contributed by atoms with Gasteiger partial charge in [0.05, 0.1) is 19.0 Å². The van der Waals surface area contributed by atoms with E-state index in [9.17, 15) is 13.2 Å². The Morgan fingerprint density at radius 3 is 2.65 bits per heavy atom. The summed E-state index contributed by atoms with van der Waals surface area (Å²) in [4.78, 5) is 14.5. The maximum Gasteiger partial charge on any atom is 0.253 e. The molecule has 162 valence electrons. The molecular formula is C22H24N4O4S. The largest absolute Gasteiger partial charge is 0.495 e. The van der Waals surface area contributed by atoms with Gasteiger partial charge in [0.25, 0.3) is 5.91 Å². The van der Waals surface area contributed by atoms with Gasteiger partial charge in [0.1, 0.15) is 10.6 Å². The lowest BCUT2D eigenvalue weighted by Crippen LogP contribution is -2.28. The molecule has 1 aromatic heterocycles. The van der Waals surface area contributed by atoms with Crippen LogP contribution in [0.3, 0.4) is 0 Å². The molecule has 8 nitrogen and oxygen atoms in total. The first-order valence-electron chi connectivity index (χ1n) is 9.92. The molecule has 0 radical (unpaired) electrons. The minimum absolute atomic E-state index is 0.0296. The van der Waals surface area contributed by atoms with Crippen molar-refractivity contribution >= 4 is 15.9 Å². The van der Waals surface area contributed by atoms with Crippen LogP contribution >= 0.6 is 0 Å². The predicted molar refractivity (Wildman–Crippen MR) is 116 cm³/mol. The first kappa shape index (κ1) is 21.1. The fourth-order valence-corrected chi connectivity index (χ4v) is 4.73. The molecule has 31 heavy (non-hydrogen) atoms. The van der Waals surface area contributed by atoms with Crippen molar-refractivity contribution in [1.29, 1.82) is 0 Å². The van der Waals surface area contributed by atoms with Gasteiger partial charge in [0.15, 0.2) is 0 Å². The third-order valence-corrected chi connectivity index (χ3v) is 6.56. The van der Waals surface area contributed by atoms with Gasteiger partial charge in [0.2, 0.25) is 10.0 Å². The number of ether oxygens (including phenoxy) is 1. The molecule has 1 aliphatic rings. The van der Waals surface area contributed by atoms with E-state index >= 15 is 0 Å². The third kappa shape index (κ3) is 4.78. The molecule has 2 aromatic carbocycles. The minimum atomic E-state index is -3.77. The van der Waals surface area contributed by atoms with Crippen molar-refractivity contribution in [3.8, 4) is 11.4 Å². The Morgan fingerprint density at radius 1 is 1.23 bits per heavy atom. The molecule has 4 rings (SSSR count). The van der Waals surface area contributed by atoms with Crippen molar-refractivity contribution in [2.24, 2.45) is 0 Å². The van der Waals surface area contributed by atoms with E-state index in [2.05, 4.69) is 9.82 Å². The Kier molecular flexibility index (Phi) is 5.79. The predicted octanol–water partition coefficient (Wildman–Crippen LogP) is 2.59. The second kappa shape index (κ2) is 8.52. The van der Waals surface area contributed by atoms with E-state index in [1.54, 1.807) is 24.0 Å². The highest BCUT2D eigenvalue weighted by atomic mass is 32.2. The van der Waals surface area contributed by atoms with Crippen molar-refractivity contribution in [1.82, 2.24) is 19.4 Å². The van der Waals surface area contributed by atoms with Crippen LogP contribution in [0.25, 0.3) is 5.69 Å². The van der Waals surface area contributed by atoms with Crippen LogP contribution in [0.15, 0.2) is 65.8 Å². The van der Waals surface area contributed by atoms with E-state index < -0.39 is 10.0 Å². The van der Waals surface area contributed by atoms with Crippen LogP contribution in [0.2, 0.25) is 0 Å². The molecule has 0 aliphatic heterocycles. The molecular weight excluding hydrogens is 416 g/mol. The number of carbonyl (C=O) groups is 1. The number of sulfonamides is 1. The number of nitrogens with one attached hydrogen (secondary N) is 1. The normalized spacial score (nSPS) is 13.7. The van der Waals surface area contributed by atoms with Gasteiger partial charge in [-0.15, -0.1) is 0 Å². The first-order valence-corrected chi connectivity index (χ1v) is 11.4. The summed E-state index contributed by atoms with van der Waals surface area (Å²) in [6, 6.07) is 14.1. The zero-order valence-corrected chi connectivity index (χ0v) is 18.2.